The topological polar surface area (TPSA) is 45.2 Å². The van der Waals surface area contributed by atoms with Gasteiger partial charge in [-0.05, 0) is 31.4 Å². The number of hydrogen-bond acceptors (Lipinski definition) is 5. The fourth-order valence-corrected chi connectivity index (χ4v) is 3.50. The van der Waals surface area contributed by atoms with Gasteiger partial charge in [0.2, 0.25) is 0 Å². The van der Waals surface area contributed by atoms with Gasteiger partial charge in [0.15, 0.2) is 0 Å². The highest BCUT2D eigenvalue weighted by molar-refractivity contribution is 5.52. The van der Waals surface area contributed by atoms with E-state index in [1.165, 1.54) is 11.6 Å². The van der Waals surface area contributed by atoms with Gasteiger partial charge in [-0.1, -0.05) is 0 Å². The summed E-state index contributed by atoms with van der Waals surface area (Å²) in [5.74, 6) is 1.60. The van der Waals surface area contributed by atoms with E-state index in [2.05, 4.69) is 19.9 Å². The Morgan fingerprint density at radius 3 is 2.32 bits per heavy atom. The van der Waals surface area contributed by atoms with Crippen LogP contribution < -0.4 is 9.80 Å². The Bertz CT molecular complexity index is 752. The summed E-state index contributed by atoms with van der Waals surface area (Å²) in [6, 6.07) is 2.53. The number of rotatable bonds is 2. The molecule has 0 amide bonds. The molecule has 3 heterocycles. The zero-order valence-corrected chi connectivity index (χ0v) is 13.6. The third-order valence-electron chi connectivity index (χ3n) is 4.83. The van der Waals surface area contributed by atoms with E-state index in [0.717, 1.165) is 56.1 Å². The molecule has 1 saturated heterocycles. The quantitative estimate of drug-likeness (QED) is 0.834. The monoisotopic (exact) mass is 349 g/mol. The maximum atomic E-state index is 12.6. The average Bonchev–Trinajstić information content (AvgIpc) is 3.10. The van der Waals surface area contributed by atoms with Crippen molar-refractivity contribution in [3.63, 3.8) is 0 Å². The van der Waals surface area contributed by atoms with Gasteiger partial charge in [-0.3, -0.25) is 0 Å². The van der Waals surface area contributed by atoms with Crippen molar-refractivity contribution in [2.24, 2.45) is 0 Å². The fraction of sp³-hybridized carbons (Fsp3) is 0.471. The van der Waals surface area contributed by atoms with Crippen molar-refractivity contribution in [3.05, 3.63) is 41.5 Å². The molecule has 5 nitrogen and oxygen atoms in total. The van der Waals surface area contributed by atoms with E-state index in [9.17, 15) is 13.2 Å². The van der Waals surface area contributed by atoms with E-state index in [0.29, 0.717) is 18.9 Å². The molecule has 1 fully saturated rings. The van der Waals surface area contributed by atoms with Crippen molar-refractivity contribution < 1.29 is 13.2 Å². The van der Waals surface area contributed by atoms with Gasteiger partial charge in [0.25, 0.3) is 0 Å². The van der Waals surface area contributed by atoms with Crippen LogP contribution in [0, 0.1) is 0 Å². The van der Waals surface area contributed by atoms with Gasteiger partial charge in [-0.25, -0.2) is 15.0 Å². The van der Waals surface area contributed by atoms with E-state index in [1.54, 1.807) is 6.33 Å². The predicted molar refractivity (Wildman–Crippen MR) is 87.7 cm³/mol. The number of hydrogen-bond donors (Lipinski definition) is 0. The highest BCUT2D eigenvalue weighted by atomic mass is 19.4. The first-order valence-corrected chi connectivity index (χ1v) is 8.38. The molecule has 2 aliphatic rings. The van der Waals surface area contributed by atoms with Crippen LogP contribution >= 0.6 is 0 Å². The van der Waals surface area contributed by atoms with E-state index in [4.69, 9.17) is 0 Å². The lowest BCUT2D eigenvalue weighted by Crippen LogP contribution is -2.47. The normalized spacial score (nSPS) is 17.7. The highest BCUT2D eigenvalue weighted by Gasteiger charge is 2.31. The third kappa shape index (κ3) is 3.12. The summed E-state index contributed by atoms with van der Waals surface area (Å²) in [4.78, 5) is 17.1. The summed E-state index contributed by atoms with van der Waals surface area (Å²) in [5, 5.41) is 0. The minimum absolute atomic E-state index is 0.584. The largest absolute Gasteiger partial charge is 0.417 e. The molecule has 0 spiro atoms. The Labute approximate surface area is 143 Å². The van der Waals surface area contributed by atoms with Crippen LogP contribution in [0.1, 0.15) is 23.2 Å². The molecule has 0 unspecified atom stereocenters. The molecule has 8 heteroatoms. The molecular weight excluding hydrogens is 331 g/mol. The molecule has 0 N–H and O–H groups in total. The molecule has 0 saturated carbocycles. The number of halogens is 3. The number of pyridine rings is 1. The number of aromatic nitrogens is 3. The van der Waals surface area contributed by atoms with Gasteiger partial charge < -0.3 is 9.80 Å². The second kappa shape index (κ2) is 6.16. The van der Waals surface area contributed by atoms with Gasteiger partial charge in [-0.2, -0.15) is 13.2 Å². The average molecular weight is 349 g/mol. The van der Waals surface area contributed by atoms with E-state index >= 15 is 0 Å². The number of aryl methyl sites for hydroxylation is 1. The summed E-state index contributed by atoms with van der Waals surface area (Å²) >= 11 is 0. The maximum Gasteiger partial charge on any atom is 0.417 e. The first-order valence-electron chi connectivity index (χ1n) is 8.38. The first kappa shape index (κ1) is 16.1. The predicted octanol–water partition coefficient (Wildman–Crippen LogP) is 2.71. The van der Waals surface area contributed by atoms with Crippen LogP contribution in [0.15, 0.2) is 24.7 Å². The zero-order chi connectivity index (χ0) is 17.4. The van der Waals surface area contributed by atoms with Crippen molar-refractivity contribution in [2.45, 2.75) is 25.4 Å². The van der Waals surface area contributed by atoms with E-state index < -0.39 is 11.7 Å². The van der Waals surface area contributed by atoms with Gasteiger partial charge in [0.05, 0.1) is 5.56 Å². The maximum absolute atomic E-state index is 12.6. The van der Waals surface area contributed by atoms with Crippen LogP contribution in [0.25, 0.3) is 0 Å². The molecule has 1 aliphatic heterocycles. The number of nitrogens with zero attached hydrogens (tertiary/aromatic N) is 5. The van der Waals surface area contributed by atoms with Crippen molar-refractivity contribution >= 4 is 11.6 Å². The SMILES string of the molecule is FC(F)(F)c1ccc(N2CCN(c3ncnc4c3CCC4)CC2)nc1. The number of alkyl halides is 3. The minimum atomic E-state index is -4.35. The zero-order valence-electron chi connectivity index (χ0n) is 13.6. The van der Waals surface area contributed by atoms with E-state index in [-0.39, 0.29) is 0 Å². The van der Waals surface area contributed by atoms with Crippen LogP contribution in [0.5, 0.6) is 0 Å². The molecule has 0 atom stereocenters. The molecule has 1 aliphatic carbocycles. The second-order valence-electron chi connectivity index (χ2n) is 6.35. The number of piperazine rings is 1. The van der Waals surface area contributed by atoms with Crippen LogP contribution in [0.4, 0.5) is 24.8 Å². The van der Waals surface area contributed by atoms with Crippen LogP contribution in [-0.4, -0.2) is 41.1 Å². The summed E-state index contributed by atoms with van der Waals surface area (Å²) in [6.45, 7) is 2.95. The van der Waals surface area contributed by atoms with Gasteiger partial charge in [0, 0.05) is 43.6 Å². The lowest BCUT2D eigenvalue weighted by atomic mass is 10.2. The lowest BCUT2D eigenvalue weighted by molar-refractivity contribution is -0.137. The Hall–Kier alpha value is -2.38. The van der Waals surface area contributed by atoms with Gasteiger partial charge >= 0.3 is 6.18 Å². The molecule has 0 bridgehead atoms. The Morgan fingerprint density at radius 2 is 1.64 bits per heavy atom. The highest BCUT2D eigenvalue weighted by Crippen LogP contribution is 2.31. The Balaban J connectivity index is 1.44. The molecule has 0 aromatic carbocycles. The Kier molecular flexibility index (Phi) is 3.97. The standard InChI is InChI=1S/C17H18F3N5/c18-17(19,20)12-4-5-15(21-10-12)24-6-8-25(9-7-24)16-13-2-1-3-14(13)22-11-23-16/h4-5,10-11H,1-3,6-9H2. The molecule has 0 radical (unpaired) electrons. The molecular formula is C17H18F3N5. The molecule has 2 aromatic rings. The minimum Gasteiger partial charge on any atom is -0.353 e. The number of anilines is 2. The molecule has 4 rings (SSSR count). The van der Waals surface area contributed by atoms with Crippen LogP contribution in [-0.2, 0) is 19.0 Å². The van der Waals surface area contributed by atoms with Crippen LogP contribution in [0.3, 0.4) is 0 Å². The van der Waals surface area contributed by atoms with Crippen molar-refractivity contribution in [2.75, 3.05) is 36.0 Å². The lowest BCUT2D eigenvalue weighted by Gasteiger charge is -2.36. The van der Waals surface area contributed by atoms with Crippen molar-refractivity contribution in [1.82, 2.24) is 15.0 Å². The van der Waals surface area contributed by atoms with E-state index in [1.807, 2.05) is 4.90 Å². The number of fused-ring (bicyclic) bond motifs is 1. The smallest absolute Gasteiger partial charge is 0.353 e. The summed E-state index contributed by atoms with van der Waals surface area (Å²) in [7, 11) is 0. The summed E-state index contributed by atoms with van der Waals surface area (Å²) < 4.78 is 37.9. The molecule has 2 aromatic heterocycles. The third-order valence-corrected chi connectivity index (χ3v) is 4.83. The molecule has 25 heavy (non-hydrogen) atoms. The van der Waals surface area contributed by atoms with Gasteiger partial charge in [0.1, 0.15) is 18.0 Å². The van der Waals surface area contributed by atoms with Gasteiger partial charge in [-0.15, -0.1) is 0 Å². The Morgan fingerprint density at radius 1 is 0.880 bits per heavy atom. The summed E-state index contributed by atoms with van der Waals surface area (Å²) in [6.07, 6.45) is 1.34. The van der Waals surface area contributed by atoms with Crippen molar-refractivity contribution in [3.8, 4) is 0 Å². The van der Waals surface area contributed by atoms with Crippen LogP contribution in [0.2, 0.25) is 0 Å². The fourth-order valence-electron chi connectivity index (χ4n) is 3.50. The second-order valence-corrected chi connectivity index (χ2v) is 6.35. The first-order chi connectivity index (χ1) is 12.0. The van der Waals surface area contributed by atoms with Crippen molar-refractivity contribution in [1.29, 1.82) is 0 Å². The summed E-state index contributed by atoms with van der Waals surface area (Å²) in [5.41, 5.74) is 1.69. The molecule has 132 valence electrons.